The van der Waals surface area contributed by atoms with Crippen LogP contribution in [0.4, 0.5) is 5.69 Å². The molecule has 0 bridgehead atoms. The van der Waals surface area contributed by atoms with Gasteiger partial charge < -0.3 is 10.1 Å². The second-order valence-electron chi connectivity index (χ2n) is 4.52. The molecule has 0 radical (unpaired) electrons. The molecule has 0 unspecified atom stereocenters. The highest BCUT2D eigenvalue weighted by molar-refractivity contribution is 8.00. The fraction of sp³-hybridized carbons (Fsp3) is 0.188. The lowest BCUT2D eigenvalue weighted by Crippen LogP contribution is -2.22. The molecule has 0 saturated heterocycles. The Hall–Kier alpha value is -1.36. The number of anilines is 1. The molecule has 0 aliphatic heterocycles. The van der Waals surface area contributed by atoms with Crippen molar-refractivity contribution in [3.05, 3.63) is 52.5 Å². The third kappa shape index (κ3) is 4.32. The van der Waals surface area contributed by atoms with Gasteiger partial charge in [0.15, 0.2) is 0 Å². The van der Waals surface area contributed by atoms with Crippen LogP contribution in [-0.2, 0) is 4.79 Å². The van der Waals surface area contributed by atoms with Crippen LogP contribution < -0.4 is 10.1 Å². The van der Waals surface area contributed by atoms with Crippen LogP contribution in [0.3, 0.4) is 0 Å². The molecule has 0 fully saturated rings. The van der Waals surface area contributed by atoms with Gasteiger partial charge in [0.1, 0.15) is 5.75 Å². The number of hydrogen-bond donors (Lipinski definition) is 1. The zero-order valence-corrected chi connectivity index (χ0v) is 14.4. The molecule has 1 amide bonds. The number of hydrogen-bond acceptors (Lipinski definition) is 3. The number of rotatable bonds is 5. The fourth-order valence-corrected chi connectivity index (χ4v) is 3.20. The van der Waals surface area contributed by atoms with Crippen LogP contribution in [0.2, 0.25) is 10.0 Å². The number of ether oxygens (including phenoxy) is 1. The average molecular weight is 356 g/mol. The van der Waals surface area contributed by atoms with Gasteiger partial charge in [-0.05, 0) is 37.3 Å². The maximum atomic E-state index is 12.3. The van der Waals surface area contributed by atoms with Crippen molar-refractivity contribution in [1.29, 1.82) is 0 Å². The summed E-state index contributed by atoms with van der Waals surface area (Å²) in [5.74, 6) is 0.486. The van der Waals surface area contributed by atoms with Crippen LogP contribution >= 0.6 is 35.0 Å². The van der Waals surface area contributed by atoms with Gasteiger partial charge in [-0.1, -0.05) is 35.3 Å². The van der Waals surface area contributed by atoms with Crippen LogP contribution in [0.5, 0.6) is 5.75 Å². The van der Waals surface area contributed by atoms with Crippen molar-refractivity contribution in [3.63, 3.8) is 0 Å². The smallest absolute Gasteiger partial charge is 0.237 e. The van der Waals surface area contributed by atoms with Crippen LogP contribution in [0.15, 0.2) is 47.4 Å². The minimum atomic E-state index is -0.333. The zero-order chi connectivity index (χ0) is 16.1. The van der Waals surface area contributed by atoms with Crippen LogP contribution in [0, 0.1) is 0 Å². The van der Waals surface area contributed by atoms with E-state index in [0.29, 0.717) is 21.5 Å². The van der Waals surface area contributed by atoms with E-state index in [2.05, 4.69) is 5.32 Å². The Morgan fingerprint density at radius 2 is 1.95 bits per heavy atom. The van der Waals surface area contributed by atoms with E-state index in [9.17, 15) is 4.79 Å². The summed E-state index contributed by atoms with van der Waals surface area (Å²) in [6.07, 6.45) is 0. The predicted octanol–water partition coefficient (Wildman–Crippen LogP) is 5.12. The number of thioether (sulfide) groups is 1. The summed E-state index contributed by atoms with van der Waals surface area (Å²) in [5, 5.41) is 3.68. The van der Waals surface area contributed by atoms with E-state index < -0.39 is 0 Å². The van der Waals surface area contributed by atoms with Gasteiger partial charge in [0.25, 0.3) is 0 Å². The lowest BCUT2D eigenvalue weighted by Gasteiger charge is -2.14. The molecule has 0 heterocycles. The summed E-state index contributed by atoms with van der Waals surface area (Å²) in [5.41, 5.74) is 0.639. The summed E-state index contributed by atoms with van der Waals surface area (Å²) < 4.78 is 5.22. The first-order valence-corrected chi connectivity index (χ1v) is 8.20. The van der Waals surface area contributed by atoms with Gasteiger partial charge in [-0.25, -0.2) is 0 Å². The highest BCUT2D eigenvalue weighted by Gasteiger charge is 2.17. The molecule has 3 nitrogen and oxygen atoms in total. The molecular weight excluding hydrogens is 341 g/mol. The van der Waals surface area contributed by atoms with Crippen molar-refractivity contribution in [1.82, 2.24) is 0 Å². The third-order valence-corrected chi connectivity index (χ3v) is 4.77. The first kappa shape index (κ1) is 17.0. The largest absolute Gasteiger partial charge is 0.495 e. The molecular formula is C16H15Cl2NO2S. The SMILES string of the molecule is COc1ccccc1NC(=O)[C@H](C)Sc1cc(Cl)ccc1Cl. The highest BCUT2D eigenvalue weighted by Crippen LogP contribution is 2.33. The van der Waals surface area contributed by atoms with Gasteiger partial charge in [0.05, 0.1) is 23.1 Å². The molecule has 116 valence electrons. The minimum absolute atomic E-state index is 0.134. The maximum absolute atomic E-state index is 12.3. The van der Waals surface area contributed by atoms with Gasteiger partial charge in [0.2, 0.25) is 5.91 Å². The van der Waals surface area contributed by atoms with Crippen molar-refractivity contribution in [2.45, 2.75) is 17.1 Å². The molecule has 6 heteroatoms. The number of benzene rings is 2. The zero-order valence-electron chi connectivity index (χ0n) is 12.1. The Balaban J connectivity index is 2.07. The van der Waals surface area contributed by atoms with Gasteiger partial charge >= 0.3 is 0 Å². The Labute approximate surface area is 144 Å². The third-order valence-electron chi connectivity index (χ3n) is 2.93. The molecule has 22 heavy (non-hydrogen) atoms. The molecule has 1 N–H and O–H groups in total. The summed E-state index contributed by atoms with van der Waals surface area (Å²) >= 11 is 13.4. The number of carbonyl (C=O) groups excluding carboxylic acids is 1. The Morgan fingerprint density at radius 1 is 1.23 bits per heavy atom. The first-order valence-electron chi connectivity index (χ1n) is 6.57. The first-order chi connectivity index (χ1) is 10.5. The van der Waals surface area contributed by atoms with E-state index in [1.165, 1.54) is 11.8 Å². The van der Waals surface area contributed by atoms with Crippen molar-refractivity contribution >= 4 is 46.6 Å². The molecule has 2 aromatic rings. The second kappa shape index (κ2) is 7.77. The Morgan fingerprint density at radius 3 is 2.68 bits per heavy atom. The van der Waals surface area contributed by atoms with Crippen LogP contribution in [0.25, 0.3) is 0 Å². The predicted molar refractivity (Wildman–Crippen MR) is 93.4 cm³/mol. The van der Waals surface area contributed by atoms with Gasteiger partial charge in [-0.3, -0.25) is 4.79 Å². The average Bonchev–Trinajstić information content (AvgIpc) is 2.51. The number of para-hydroxylation sites is 2. The molecule has 0 aliphatic rings. The maximum Gasteiger partial charge on any atom is 0.237 e. The van der Waals surface area contributed by atoms with Crippen molar-refractivity contribution in [2.75, 3.05) is 12.4 Å². The Bertz CT molecular complexity index is 679. The van der Waals surface area contributed by atoms with E-state index in [-0.39, 0.29) is 11.2 Å². The lowest BCUT2D eigenvalue weighted by atomic mass is 10.3. The van der Waals surface area contributed by atoms with E-state index in [0.717, 1.165) is 4.90 Å². The number of carbonyl (C=O) groups is 1. The van der Waals surface area contributed by atoms with E-state index in [1.54, 1.807) is 37.4 Å². The summed E-state index contributed by atoms with van der Waals surface area (Å²) in [6, 6.07) is 12.5. The molecule has 0 aliphatic carbocycles. The number of methoxy groups -OCH3 is 1. The van der Waals surface area contributed by atoms with E-state index in [1.807, 2.05) is 19.1 Å². The topological polar surface area (TPSA) is 38.3 Å². The molecule has 0 aromatic heterocycles. The molecule has 0 saturated carbocycles. The van der Waals surface area contributed by atoms with Crippen LogP contribution in [-0.4, -0.2) is 18.3 Å². The van der Waals surface area contributed by atoms with Crippen LogP contribution in [0.1, 0.15) is 6.92 Å². The monoisotopic (exact) mass is 355 g/mol. The minimum Gasteiger partial charge on any atom is -0.495 e. The second-order valence-corrected chi connectivity index (χ2v) is 6.75. The van der Waals surface area contributed by atoms with Crippen molar-refractivity contribution in [3.8, 4) is 5.75 Å². The molecule has 1 atom stereocenters. The summed E-state index contributed by atoms with van der Waals surface area (Å²) in [4.78, 5) is 13.1. The standard InChI is InChI=1S/C16H15Cl2NO2S/c1-10(22-15-9-11(17)7-8-12(15)18)16(20)19-13-5-3-4-6-14(13)21-2/h3-10H,1-2H3,(H,19,20)/t10-/m0/s1. The number of halogens is 2. The highest BCUT2D eigenvalue weighted by atomic mass is 35.5. The summed E-state index contributed by atoms with van der Waals surface area (Å²) in [6.45, 7) is 1.81. The van der Waals surface area contributed by atoms with Gasteiger partial charge in [-0.15, -0.1) is 11.8 Å². The Kier molecular flexibility index (Phi) is 6.00. The molecule has 2 aromatic carbocycles. The number of amides is 1. The van der Waals surface area contributed by atoms with Gasteiger partial charge in [-0.2, -0.15) is 0 Å². The van der Waals surface area contributed by atoms with E-state index >= 15 is 0 Å². The number of nitrogens with one attached hydrogen (secondary N) is 1. The fourth-order valence-electron chi connectivity index (χ4n) is 1.79. The lowest BCUT2D eigenvalue weighted by molar-refractivity contribution is -0.115. The van der Waals surface area contributed by atoms with Gasteiger partial charge in [0, 0.05) is 9.92 Å². The van der Waals surface area contributed by atoms with Crippen molar-refractivity contribution in [2.24, 2.45) is 0 Å². The molecule has 0 spiro atoms. The normalized spacial score (nSPS) is 11.8. The van der Waals surface area contributed by atoms with Crippen molar-refractivity contribution < 1.29 is 9.53 Å². The quantitative estimate of drug-likeness (QED) is 0.756. The summed E-state index contributed by atoms with van der Waals surface area (Å²) in [7, 11) is 1.56. The van der Waals surface area contributed by atoms with E-state index in [4.69, 9.17) is 27.9 Å². The molecule has 2 rings (SSSR count).